The van der Waals surface area contributed by atoms with E-state index >= 15 is 0 Å². The molecule has 0 bridgehead atoms. The molecule has 0 aliphatic rings. The standard InChI is InChI=1S/C39H41F3NO4.ClH/c1-38(2,3)30-15-10-26(11-16-30)14-19-33-32-23-36(46-6)35(45-5)22-28(32)20-21-43(33)24-29-8-7-9-34(44-4)37(29)47-25-27-12-17-31(18-13-27)39(40,41)42;/h7-13,15-18,20-23H,14,19,24-25H2,1-6H3;1H/q+1;/p-1. The van der Waals surface area contributed by atoms with Crippen LogP contribution in [0.5, 0.6) is 23.0 Å². The summed E-state index contributed by atoms with van der Waals surface area (Å²) in [6.45, 7) is 7.19. The molecule has 5 aromatic rings. The highest BCUT2D eigenvalue weighted by atomic mass is 35.5. The van der Waals surface area contributed by atoms with E-state index in [0.29, 0.717) is 35.1 Å². The van der Waals surface area contributed by atoms with Crippen molar-refractivity contribution in [2.75, 3.05) is 21.3 Å². The van der Waals surface area contributed by atoms with Crippen LogP contribution in [0.3, 0.4) is 0 Å². The fraction of sp³-hybridized carbons (Fsp3) is 0.308. The van der Waals surface area contributed by atoms with E-state index in [1.165, 1.54) is 23.3 Å². The Bertz CT molecular complexity index is 1830. The third kappa shape index (κ3) is 8.34. The first-order valence-corrected chi connectivity index (χ1v) is 15.5. The summed E-state index contributed by atoms with van der Waals surface area (Å²) in [5.74, 6) is 2.39. The molecule has 0 N–H and O–H groups in total. The Morgan fingerprint density at radius 1 is 0.667 bits per heavy atom. The molecule has 0 atom stereocenters. The van der Waals surface area contributed by atoms with Crippen LogP contribution in [0, 0.1) is 0 Å². The number of ether oxygens (including phenoxy) is 4. The number of aromatic nitrogens is 1. The molecule has 1 aromatic heterocycles. The van der Waals surface area contributed by atoms with Gasteiger partial charge >= 0.3 is 6.18 Å². The predicted octanol–water partition coefficient (Wildman–Crippen LogP) is 5.89. The second-order valence-electron chi connectivity index (χ2n) is 12.6. The molecule has 0 amide bonds. The van der Waals surface area contributed by atoms with Crippen molar-refractivity contribution >= 4 is 10.8 Å². The van der Waals surface area contributed by atoms with Crippen LogP contribution in [0.25, 0.3) is 10.8 Å². The zero-order valence-electron chi connectivity index (χ0n) is 28.1. The van der Waals surface area contributed by atoms with E-state index in [1.807, 2.05) is 30.3 Å². The lowest BCUT2D eigenvalue weighted by atomic mass is 9.86. The molecule has 254 valence electrons. The van der Waals surface area contributed by atoms with Gasteiger partial charge in [-0.05, 0) is 70.3 Å². The van der Waals surface area contributed by atoms with Crippen molar-refractivity contribution in [2.45, 2.75) is 58.4 Å². The Kier molecular flexibility index (Phi) is 11.5. The molecule has 4 aromatic carbocycles. The molecule has 1 heterocycles. The van der Waals surface area contributed by atoms with E-state index in [1.54, 1.807) is 21.3 Å². The minimum absolute atomic E-state index is 0. The smallest absolute Gasteiger partial charge is 0.416 e. The van der Waals surface area contributed by atoms with Gasteiger partial charge in [0.1, 0.15) is 6.61 Å². The highest BCUT2D eigenvalue weighted by Crippen LogP contribution is 2.35. The summed E-state index contributed by atoms with van der Waals surface area (Å²) in [5, 5.41) is 2.08. The largest absolute Gasteiger partial charge is 1.00 e. The van der Waals surface area contributed by atoms with E-state index in [9.17, 15) is 13.2 Å². The summed E-state index contributed by atoms with van der Waals surface area (Å²) in [6, 6.07) is 25.6. The Morgan fingerprint density at radius 2 is 1.27 bits per heavy atom. The van der Waals surface area contributed by atoms with Crippen molar-refractivity contribution in [3.8, 4) is 23.0 Å². The maximum Gasteiger partial charge on any atom is 0.416 e. The normalized spacial score (nSPS) is 11.6. The summed E-state index contributed by atoms with van der Waals surface area (Å²) < 4.78 is 64.6. The molecule has 0 saturated heterocycles. The van der Waals surface area contributed by atoms with Crippen molar-refractivity contribution in [3.05, 3.63) is 125 Å². The Balaban J connectivity index is 0.00000520. The van der Waals surface area contributed by atoms with Gasteiger partial charge in [0.15, 0.2) is 41.4 Å². The summed E-state index contributed by atoms with van der Waals surface area (Å²) in [4.78, 5) is 0. The number of alkyl halides is 3. The number of aryl methyl sites for hydroxylation is 2. The number of fused-ring (bicyclic) bond motifs is 1. The lowest BCUT2D eigenvalue weighted by Gasteiger charge is -2.19. The number of nitrogens with zero attached hydrogens (tertiary/aromatic N) is 1. The van der Waals surface area contributed by atoms with Gasteiger partial charge in [0.2, 0.25) is 0 Å². The lowest BCUT2D eigenvalue weighted by molar-refractivity contribution is -0.694. The van der Waals surface area contributed by atoms with Crippen molar-refractivity contribution in [2.24, 2.45) is 0 Å². The predicted molar refractivity (Wildman–Crippen MR) is 178 cm³/mol. The molecule has 0 spiro atoms. The minimum atomic E-state index is -4.39. The van der Waals surface area contributed by atoms with Gasteiger partial charge in [0.25, 0.3) is 0 Å². The van der Waals surface area contributed by atoms with Gasteiger partial charge in [0, 0.05) is 12.5 Å². The molecule has 0 saturated carbocycles. The molecular formula is C39H41ClF3NO4. The maximum atomic E-state index is 13.1. The number of hydrogen-bond acceptors (Lipinski definition) is 4. The molecule has 0 fully saturated rings. The zero-order valence-corrected chi connectivity index (χ0v) is 28.8. The number of pyridine rings is 1. The van der Waals surface area contributed by atoms with E-state index in [0.717, 1.165) is 47.0 Å². The van der Waals surface area contributed by atoms with E-state index < -0.39 is 11.7 Å². The first-order valence-electron chi connectivity index (χ1n) is 15.5. The SMILES string of the molecule is COc1cc2cc[n+](Cc3cccc(OC)c3OCc3ccc(C(F)(F)F)cc3)c(CCc3ccc(C(C)(C)C)cc3)c2cc1OC.[Cl-]. The van der Waals surface area contributed by atoms with Crippen LogP contribution < -0.4 is 35.9 Å². The molecule has 48 heavy (non-hydrogen) atoms. The number of benzene rings is 4. The van der Waals surface area contributed by atoms with Crippen LogP contribution in [0.15, 0.2) is 91.1 Å². The molecular weight excluding hydrogens is 639 g/mol. The molecule has 0 radical (unpaired) electrons. The summed E-state index contributed by atoms with van der Waals surface area (Å²) in [5.41, 5.74) is 4.52. The Morgan fingerprint density at radius 3 is 1.88 bits per heavy atom. The van der Waals surface area contributed by atoms with Crippen LogP contribution in [0.4, 0.5) is 13.2 Å². The van der Waals surface area contributed by atoms with Crippen molar-refractivity contribution < 1.29 is 49.1 Å². The number of methoxy groups -OCH3 is 3. The molecule has 5 rings (SSSR count). The first-order chi connectivity index (χ1) is 22.4. The number of hydrogen-bond donors (Lipinski definition) is 0. The van der Waals surface area contributed by atoms with E-state index in [2.05, 4.69) is 61.9 Å². The zero-order chi connectivity index (χ0) is 33.8. The average Bonchev–Trinajstić information content (AvgIpc) is 3.05. The second kappa shape index (κ2) is 15.2. The molecule has 0 unspecified atom stereocenters. The molecule has 9 heteroatoms. The van der Waals surface area contributed by atoms with E-state index in [-0.39, 0.29) is 24.4 Å². The van der Waals surface area contributed by atoms with Crippen molar-refractivity contribution in [1.29, 1.82) is 0 Å². The van der Waals surface area contributed by atoms with Crippen LogP contribution >= 0.6 is 0 Å². The minimum Gasteiger partial charge on any atom is -1.00 e. The van der Waals surface area contributed by atoms with Gasteiger partial charge in [-0.1, -0.05) is 63.2 Å². The highest BCUT2D eigenvalue weighted by Gasteiger charge is 2.30. The van der Waals surface area contributed by atoms with E-state index in [4.69, 9.17) is 18.9 Å². The Labute approximate surface area is 286 Å². The summed E-state index contributed by atoms with van der Waals surface area (Å²) >= 11 is 0. The fourth-order valence-electron chi connectivity index (χ4n) is 5.70. The number of rotatable bonds is 11. The second-order valence-corrected chi connectivity index (χ2v) is 12.6. The highest BCUT2D eigenvalue weighted by molar-refractivity contribution is 5.87. The lowest BCUT2D eigenvalue weighted by Crippen LogP contribution is -3.00. The van der Waals surface area contributed by atoms with Crippen LogP contribution in [-0.2, 0) is 37.6 Å². The van der Waals surface area contributed by atoms with Gasteiger partial charge in [0.05, 0.1) is 37.8 Å². The molecule has 0 aliphatic carbocycles. The molecule has 5 nitrogen and oxygen atoms in total. The fourth-order valence-corrected chi connectivity index (χ4v) is 5.70. The first kappa shape index (κ1) is 36.4. The topological polar surface area (TPSA) is 40.8 Å². The quantitative estimate of drug-likeness (QED) is 0.164. The van der Waals surface area contributed by atoms with Gasteiger partial charge in [-0.15, -0.1) is 0 Å². The maximum absolute atomic E-state index is 13.1. The average molecular weight is 680 g/mol. The van der Waals surface area contributed by atoms with Gasteiger partial charge in [-0.3, -0.25) is 0 Å². The summed E-state index contributed by atoms with van der Waals surface area (Å²) in [7, 11) is 4.83. The number of para-hydroxylation sites is 1. The van der Waals surface area contributed by atoms with Crippen LogP contribution in [0.1, 0.15) is 54.3 Å². The van der Waals surface area contributed by atoms with Gasteiger partial charge in [-0.2, -0.15) is 17.7 Å². The monoisotopic (exact) mass is 679 g/mol. The van der Waals surface area contributed by atoms with Crippen LogP contribution in [-0.4, -0.2) is 21.3 Å². The number of halogens is 4. The van der Waals surface area contributed by atoms with Gasteiger partial charge in [-0.25, -0.2) is 0 Å². The van der Waals surface area contributed by atoms with Crippen molar-refractivity contribution in [3.63, 3.8) is 0 Å². The Hall–Kier alpha value is -4.43. The molecule has 0 aliphatic heterocycles. The summed E-state index contributed by atoms with van der Waals surface area (Å²) in [6.07, 6.45) is -0.749. The third-order valence-electron chi connectivity index (χ3n) is 8.40. The van der Waals surface area contributed by atoms with Crippen molar-refractivity contribution in [1.82, 2.24) is 0 Å². The van der Waals surface area contributed by atoms with Gasteiger partial charge < -0.3 is 31.4 Å². The van der Waals surface area contributed by atoms with Crippen LogP contribution in [0.2, 0.25) is 0 Å². The third-order valence-corrected chi connectivity index (χ3v) is 8.40.